The smallest absolute Gasteiger partial charge is 0.272 e. The molecule has 160 valence electrons. The number of fused-ring (bicyclic) bond motifs is 1. The van der Waals surface area contributed by atoms with Crippen molar-refractivity contribution in [2.24, 2.45) is 0 Å². The van der Waals surface area contributed by atoms with Crippen LogP contribution in [-0.4, -0.2) is 36.4 Å². The SMILES string of the molecule is CCCCCOc1ccc(C(C)NC(=O)c2n[nH]c3c2CNCC3)cc1OC.Cl. The number of carbonyl (C=O) groups excluding carboxylic acids is 1. The first-order valence-corrected chi connectivity index (χ1v) is 10.0. The van der Waals surface area contributed by atoms with Crippen molar-refractivity contribution >= 4 is 18.3 Å². The number of methoxy groups -OCH3 is 1. The van der Waals surface area contributed by atoms with Crippen LogP contribution in [0, 0.1) is 0 Å². The molecule has 3 N–H and O–H groups in total. The van der Waals surface area contributed by atoms with E-state index in [-0.39, 0.29) is 24.4 Å². The molecule has 1 aliphatic heterocycles. The number of ether oxygens (including phenoxy) is 2. The van der Waals surface area contributed by atoms with Gasteiger partial charge in [0.15, 0.2) is 17.2 Å². The molecule has 0 aliphatic carbocycles. The van der Waals surface area contributed by atoms with Crippen LogP contribution < -0.4 is 20.1 Å². The van der Waals surface area contributed by atoms with Crippen LogP contribution in [-0.2, 0) is 13.0 Å². The van der Waals surface area contributed by atoms with E-state index in [0.717, 1.165) is 54.8 Å². The van der Waals surface area contributed by atoms with Crippen LogP contribution in [0.1, 0.15) is 66.5 Å². The Morgan fingerprint density at radius 2 is 2.14 bits per heavy atom. The number of aromatic nitrogens is 2. The Hall–Kier alpha value is -2.25. The molecular weight excluding hydrogens is 392 g/mol. The molecule has 0 bridgehead atoms. The van der Waals surface area contributed by atoms with Crippen LogP contribution in [0.2, 0.25) is 0 Å². The average molecular weight is 423 g/mol. The summed E-state index contributed by atoms with van der Waals surface area (Å²) < 4.78 is 11.3. The third-order valence-corrected chi connectivity index (χ3v) is 5.06. The van der Waals surface area contributed by atoms with E-state index in [0.29, 0.717) is 24.6 Å². The minimum Gasteiger partial charge on any atom is -0.493 e. The predicted molar refractivity (Wildman–Crippen MR) is 115 cm³/mol. The van der Waals surface area contributed by atoms with Gasteiger partial charge in [0, 0.05) is 30.8 Å². The Morgan fingerprint density at radius 1 is 1.31 bits per heavy atom. The van der Waals surface area contributed by atoms with Crippen molar-refractivity contribution in [1.29, 1.82) is 0 Å². The molecule has 1 aliphatic rings. The van der Waals surface area contributed by atoms with E-state index in [4.69, 9.17) is 9.47 Å². The lowest BCUT2D eigenvalue weighted by Gasteiger charge is -2.18. The number of nitrogens with zero attached hydrogens (tertiary/aromatic N) is 1. The zero-order valence-corrected chi connectivity index (χ0v) is 18.2. The monoisotopic (exact) mass is 422 g/mol. The topological polar surface area (TPSA) is 88.3 Å². The molecule has 2 heterocycles. The van der Waals surface area contributed by atoms with Crippen LogP contribution in [0.4, 0.5) is 0 Å². The summed E-state index contributed by atoms with van der Waals surface area (Å²) in [6, 6.07) is 5.61. The normalized spacial score (nSPS) is 13.8. The van der Waals surface area contributed by atoms with Crippen LogP contribution in [0.15, 0.2) is 18.2 Å². The summed E-state index contributed by atoms with van der Waals surface area (Å²) >= 11 is 0. The number of rotatable bonds is 9. The van der Waals surface area contributed by atoms with Gasteiger partial charge in [-0.1, -0.05) is 25.8 Å². The average Bonchev–Trinajstić information content (AvgIpc) is 3.15. The molecule has 8 heteroatoms. The fourth-order valence-corrected chi connectivity index (χ4v) is 3.37. The molecule has 0 saturated heterocycles. The van der Waals surface area contributed by atoms with Crippen molar-refractivity contribution < 1.29 is 14.3 Å². The minimum atomic E-state index is -0.181. The maximum Gasteiger partial charge on any atom is 0.272 e. The molecule has 1 atom stereocenters. The molecule has 1 aromatic heterocycles. The van der Waals surface area contributed by atoms with E-state index in [1.807, 2.05) is 25.1 Å². The van der Waals surface area contributed by atoms with Gasteiger partial charge < -0.3 is 20.1 Å². The number of amides is 1. The van der Waals surface area contributed by atoms with Gasteiger partial charge in [-0.05, 0) is 31.0 Å². The van der Waals surface area contributed by atoms with Crippen LogP contribution in [0.5, 0.6) is 11.5 Å². The van der Waals surface area contributed by atoms with Gasteiger partial charge in [-0.25, -0.2) is 0 Å². The van der Waals surface area contributed by atoms with Crippen molar-refractivity contribution in [3.8, 4) is 11.5 Å². The first-order chi connectivity index (χ1) is 13.6. The Bertz CT molecular complexity index is 809. The summed E-state index contributed by atoms with van der Waals surface area (Å²) in [4.78, 5) is 12.7. The molecule has 0 radical (unpaired) electrons. The Kier molecular flexibility index (Phi) is 8.79. The molecule has 7 nitrogen and oxygen atoms in total. The summed E-state index contributed by atoms with van der Waals surface area (Å²) in [5.41, 5.74) is 3.43. The molecular formula is C21H31ClN4O3. The van der Waals surface area contributed by atoms with Crippen LogP contribution in [0.25, 0.3) is 0 Å². The summed E-state index contributed by atoms with van der Waals surface area (Å²) in [5, 5.41) is 13.5. The van der Waals surface area contributed by atoms with Gasteiger partial charge in [0.25, 0.3) is 5.91 Å². The van der Waals surface area contributed by atoms with E-state index in [2.05, 4.69) is 27.8 Å². The largest absolute Gasteiger partial charge is 0.493 e. The molecule has 3 rings (SSSR count). The number of carbonyl (C=O) groups is 1. The number of hydrogen-bond donors (Lipinski definition) is 3. The lowest BCUT2D eigenvalue weighted by molar-refractivity contribution is 0.0933. The third kappa shape index (κ3) is 5.64. The number of nitrogens with one attached hydrogen (secondary N) is 3. The highest BCUT2D eigenvalue weighted by molar-refractivity contribution is 5.94. The number of benzene rings is 1. The second-order valence-corrected chi connectivity index (χ2v) is 7.12. The predicted octanol–water partition coefficient (Wildman–Crippen LogP) is 3.55. The van der Waals surface area contributed by atoms with Gasteiger partial charge in [0.05, 0.1) is 19.8 Å². The fourth-order valence-electron chi connectivity index (χ4n) is 3.37. The lowest BCUT2D eigenvalue weighted by Crippen LogP contribution is -2.30. The fraction of sp³-hybridized carbons (Fsp3) is 0.524. The zero-order chi connectivity index (χ0) is 19.9. The highest BCUT2D eigenvalue weighted by Crippen LogP contribution is 2.30. The highest BCUT2D eigenvalue weighted by atomic mass is 35.5. The van der Waals surface area contributed by atoms with Crippen molar-refractivity contribution in [2.45, 2.75) is 52.1 Å². The van der Waals surface area contributed by atoms with Gasteiger partial charge in [0.1, 0.15) is 0 Å². The first-order valence-electron chi connectivity index (χ1n) is 10.0. The van der Waals surface area contributed by atoms with Crippen LogP contribution in [0.3, 0.4) is 0 Å². The zero-order valence-electron chi connectivity index (χ0n) is 17.3. The van der Waals surface area contributed by atoms with E-state index in [9.17, 15) is 4.79 Å². The molecule has 1 amide bonds. The molecule has 1 unspecified atom stereocenters. The number of H-pyrrole nitrogens is 1. The Morgan fingerprint density at radius 3 is 2.90 bits per heavy atom. The molecule has 0 saturated carbocycles. The summed E-state index contributed by atoms with van der Waals surface area (Å²) in [6.07, 6.45) is 4.20. The van der Waals surface area contributed by atoms with Gasteiger partial charge in [0.2, 0.25) is 0 Å². The highest BCUT2D eigenvalue weighted by Gasteiger charge is 2.23. The minimum absolute atomic E-state index is 0. The van der Waals surface area contributed by atoms with Crippen molar-refractivity contribution in [3.63, 3.8) is 0 Å². The maximum atomic E-state index is 12.7. The van der Waals surface area contributed by atoms with Gasteiger partial charge in [-0.3, -0.25) is 9.89 Å². The maximum absolute atomic E-state index is 12.7. The van der Waals surface area contributed by atoms with E-state index < -0.39 is 0 Å². The molecule has 2 aromatic rings. The Balaban J connectivity index is 0.00000300. The van der Waals surface area contributed by atoms with Gasteiger partial charge in [-0.15, -0.1) is 12.4 Å². The quantitative estimate of drug-likeness (QED) is 0.538. The number of halogens is 1. The van der Waals surface area contributed by atoms with E-state index in [1.165, 1.54) is 0 Å². The number of unbranched alkanes of at least 4 members (excludes halogenated alkanes) is 2. The molecule has 0 spiro atoms. The summed E-state index contributed by atoms with van der Waals surface area (Å²) in [6.45, 7) is 6.36. The lowest BCUT2D eigenvalue weighted by atomic mass is 10.1. The van der Waals surface area contributed by atoms with E-state index in [1.54, 1.807) is 7.11 Å². The van der Waals surface area contributed by atoms with Crippen molar-refractivity contribution in [1.82, 2.24) is 20.8 Å². The molecule has 1 aromatic carbocycles. The van der Waals surface area contributed by atoms with Gasteiger partial charge >= 0.3 is 0 Å². The van der Waals surface area contributed by atoms with Crippen molar-refractivity contribution in [2.75, 3.05) is 20.3 Å². The number of aromatic amines is 1. The number of hydrogen-bond acceptors (Lipinski definition) is 5. The summed E-state index contributed by atoms with van der Waals surface area (Å²) in [7, 11) is 1.63. The van der Waals surface area contributed by atoms with Gasteiger partial charge in [-0.2, -0.15) is 5.10 Å². The van der Waals surface area contributed by atoms with Crippen LogP contribution >= 0.6 is 12.4 Å². The summed E-state index contributed by atoms with van der Waals surface area (Å²) in [5.74, 6) is 1.23. The molecule has 0 fully saturated rings. The Labute approximate surface area is 178 Å². The second kappa shape index (κ2) is 11.1. The van der Waals surface area contributed by atoms with Crippen molar-refractivity contribution in [3.05, 3.63) is 40.7 Å². The van der Waals surface area contributed by atoms with E-state index >= 15 is 0 Å². The molecule has 29 heavy (non-hydrogen) atoms. The second-order valence-electron chi connectivity index (χ2n) is 7.12. The standard InChI is InChI=1S/C21H30N4O3.ClH/c1-4-5-6-11-28-18-8-7-15(12-19(18)27-3)14(2)23-21(26)20-16-13-22-10-9-17(16)24-25-20;/h7-8,12,14,22H,4-6,9-11,13H2,1-3H3,(H,23,26)(H,24,25);1H. The first kappa shape index (κ1) is 23.0. The third-order valence-electron chi connectivity index (χ3n) is 5.06.